The minimum atomic E-state index is -1.35. The molecule has 0 radical (unpaired) electrons. The number of rotatable bonds is 1. The summed E-state index contributed by atoms with van der Waals surface area (Å²) in [5.41, 5.74) is -2.16. The van der Waals surface area contributed by atoms with E-state index < -0.39 is 47.5 Å². The normalized spacial score (nSPS) is 58.1. The van der Waals surface area contributed by atoms with E-state index in [0.29, 0.717) is 18.6 Å². The van der Waals surface area contributed by atoms with Crippen LogP contribution in [-0.2, 0) is 14.3 Å². The molecule has 4 rings (SSSR count). The molecule has 0 aromatic heterocycles. The van der Waals surface area contributed by atoms with E-state index in [0.717, 1.165) is 0 Å². The number of carbonyl (C=O) groups is 1. The summed E-state index contributed by atoms with van der Waals surface area (Å²) in [5, 5.41) is 31.1. The smallest absolute Gasteiger partial charge is 0.187 e. The summed E-state index contributed by atoms with van der Waals surface area (Å²) in [6, 6.07) is 0. The Bertz CT molecular complexity index is 552. The van der Waals surface area contributed by atoms with Crippen molar-refractivity contribution in [2.24, 2.45) is 10.8 Å². The molecule has 6 nitrogen and oxygen atoms in total. The van der Waals surface area contributed by atoms with E-state index in [1.165, 1.54) is 0 Å². The standard InChI is InChI=1S/C15H20O6/c1-7-3-9-14(5-16,11(19)10(7)18)13(2)4-8(17)12(21-9)15(13)6-20-15/h3,8-9,11-12,16-17,19H,4-6H2,1-2H3/t8-,9-,11-,12-,13-,14-,15+/m1/s1/i1+1,3+1,7+1,9+1,10+1,11+1,13+1,14+1. The zero-order valence-electron chi connectivity index (χ0n) is 12.1. The van der Waals surface area contributed by atoms with E-state index in [1.54, 1.807) is 13.0 Å². The molecule has 0 unspecified atom stereocenters. The number of aliphatic hydroxyl groups is 3. The molecule has 116 valence electrons. The summed E-state index contributed by atoms with van der Waals surface area (Å²) in [5.74, 6) is -0.388. The molecule has 3 fully saturated rings. The van der Waals surface area contributed by atoms with Crippen LogP contribution in [0.1, 0.15) is 20.3 Å². The van der Waals surface area contributed by atoms with Crippen LogP contribution >= 0.6 is 0 Å². The summed E-state index contributed by atoms with van der Waals surface area (Å²) >= 11 is 0. The van der Waals surface area contributed by atoms with Crippen LogP contribution in [-0.4, -0.2) is 64.3 Å². The van der Waals surface area contributed by atoms with Gasteiger partial charge in [0.15, 0.2) is 5.78 Å². The van der Waals surface area contributed by atoms with E-state index in [2.05, 4.69) is 0 Å². The van der Waals surface area contributed by atoms with Crippen molar-refractivity contribution >= 4 is 5.78 Å². The zero-order chi connectivity index (χ0) is 15.2. The van der Waals surface area contributed by atoms with E-state index >= 15 is 0 Å². The Kier molecular flexibility index (Phi) is 2.47. The first kappa shape index (κ1) is 13.8. The lowest BCUT2D eigenvalue weighted by Crippen LogP contribution is -2.70. The van der Waals surface area contributed by atoms with Crippen molar-refractivity contribution < 1.29 is 29.6 Å². The number of ketones is 1. The van der Waals surface area contributed by atoms with Crippen molar-refractivity contribution in [1.82, 2.24) is 0 Å². The first-order valence-corrected chi connectivity index (χ1v) is 7.33. The molecule has 7 atom stereocenters. The van der Waals surface area contributed by atoms with Gasteiger partial charge in [-0.25, -0.2) is 0 Å². The number of aliphatic hydroxyl groups excluding tert-OH is 3. The minimum Gasteiger partial charge on any atom is -0.396 e. The molecule has 4 aliphatic rings. The highest BCUT2D eigenvalue weighted by molar-refractivity contribution is 6.00. The van der Waals surface area contributed by atoms with Crippen LogP contribution in [0.25, 0.3) is 0 Å². The maximum atomic E-state index is 12.3. The lowest BCUT2D eigenvalue weighted by molar-refractivity contribution is -0.244. The Balaban J connectivity index is 1.95. The molecule has 0 amide bonds. The lowest BCUT2D eigenvalue weighted by atomic mass is 10.0. The van der Waals surface area contributed by atoms with Crippen LogP contribution in [0, 0.1) is 10.8 Å². The van der Waals surface area contributed by atoms with Crippen LogP contribution in [0.5, 0.6) is 0 Å². The average Bonchev–Trinajstić information content (AvgIpc) is 3.20. The molecule has 2 aliphatic carbocycles. The predicted octanol–water partition coefficient (Wildman–Crippen LogP) is -0.838. The molecule has 1 spiro atoms. The van der Waals surface area contributed by atoms with Gasteiger partial charge in [-0.15, -0.1) is 0 Å². The fourth-order valence-corrected chi connectivity index (χ4v) is 5.02. The third-order valence-electron chi connectivity index (χ3n) is 6.43. The summed E-state index contributed by atoms with van der Waals surface area (Å²) in [7, 11) is 0. The lowest BCUT2D eigenvalue weighted by Gasteiger charge is -2.58. The van der Waals surface area contributed by atoms with E-state index in [9.17, 15) is 20.1 Å². The molecule has 2 saturated heterocycles. The molecular weight excluding hydrogens is 284 g/mol. The van der Waals surface area contributed by atoms with Gasteiger partial charge < -0.3 is 24.8 Å². The third kappa shape index (κ3) is 1.22. The topological polar surface area (TPSA) is 99.5 Å². The monoisotopic (exact) mass is 304 g/mol. The van der Waals surface area contributed by atoms with Crippen molar-refractivity contribution in [2.45, 2.75) is 50.3 Å². The van der Waals surface area contributed by atoms with E-state index in [4.69, 9.17) is 9.47 Å². The highest BCUT2D eigenvalue weighted by Gasteiger charge is 2.83. The zero-order valence-corrected chi connectivity index (χ0v) is 12.1. The second-order valence-electron chi connectivity index (χ2n) is 7.07. The SMILES string of the molecule is C[13C@@]12C[C@@H](O)[C@@H](O[13C@@H]3[13CH]=[13C]([13CH3])[13C](=O)[13C@@H](O)[13C@@]31CO)[C@@]21CO1. The van der Waals surface area contributed by atoms with Gasteiger partial charge in [0.05, 0.1) is 30.8 Å². The average molecular weight is 304 g/mol. The summed E-state index contributed by atoms with van der Waals surface area (Å²) in [6.45, 7) is 3.55. The molecule has 1 saturated carbocycles. The number of ether oxygens (including phenoxy) is 2. The molecule has 2 heterocycles. The molecule has 0 aromatic rings. The first-order chi connectivity index (χ1) is 9.84. The fraction of sp³-hybridized carbons (Fsp3) is 0.800. The van der Waals surface area contributed by atoms with Crippen LogP contribution in [0.2, 0.25) is 0 Å². The first-order valence-electron chi connectivity index (χ1n) is 7.33. The van der Waals surface area contributed by atoms with Gasteiger partial charge in [0, 0.05) is 5.41 Å². The van der Waals surface area contributed by atoms with Gasteiger partial charge in [-0.3, -0.25) is 4.79 Å². The summed E-state index contributed by atoms with van der Waals surface area (Å²) < 4.78 is 11.6. The summed E-state index contributed by atoms with van der Waals surface area (Å²) in [6.07, 6.45) is -1.14. The van der Waals surface area contributed by atoms with Crippen LogP contribution in [0.15, 0.2) is 11.6 Å². The van der Waals surface area contributed by atoms with E-state index in [1.807, 2.05) is 6.92 Å². The molecule has 6 heteroatoms. The van der Waals surface area contributed by atoms with Crippen molar-refractivity contribution in [3.8, 4) is 0 Å². The minimum absolute atomic E-state index is 0.339. The maximum absolute atomic E-state index is 12.3. The van der Waals surface area contributed by atoms with Crippen molar-refractivity contribution in [2.75, 3.05) is 13.2 Å². The largest absolute Gasteiger partial charge is 0.396 e. The molecule has 2 aliphatic heterocycles. The van der Waals surface area contributed by atoms with Crippen molar-refractivity contribution in [1.29, 1.82) is 0 Å². The number of Topliss-reactive ketones (excluding diaryl/α,β-unsaturated/α-hetero) is 1. The highest BCUT2D eigenvalue weighted by atomic mass is 16.7. The van der Waals surface area contributed by atoms with Crippen LogP contribution in [0.4, 0.5) is 0 Å². The van der Waals surface area contributed by atoms with E-state index in [-0.39, 0.29) is 5.78 Å². The quantitative estimate of drug-likeness (QED) is 0.432. The highest BCUT2D eigenvalue weighted by Crippen LogP contribution is 2.70. The van der Waals surface area contributed by atoms with Crippen molar-refractivity contribution in [3.63, 3.8) is 0 Å². The predicted molar refractivity (Wildman–Crippen MR) is 70.4 cm³/mol. The summed E-state index contributed by atoms with van der Waals surface area (Å²) in [4.78, 5) is 12.3. The Labute approximate surface area is 122 Å². The van der Waals surface area contributed by atoms with Crippen LogP contribution in [0.3, 0.4) is 0 Å². The van der Waals surface area contributed by atoms with Gasteiger partial charge in [0.1, 0.15) is 17.8 Å². The van der Waals surface area contributed by atoms with Gasteiger partial charge in [-0.2, -0.15) is 0 Å². The van der Waals surface area contributed by atoms with Crippen molar-refractivity contribution in [3.05, 3.63) is 11.6 Å². The number of epoxide rings is 1. The molecule has 21 heavy (non-hydrogen) atoms. The van der Waals surface area contributed by atoms with Crippen LogP contribution < -0.4 is 0 Å². The second kappa shape index (κ2) is 3.75. The fourth-order valence-electron chi connectivity index (χ4n) is 5.02. The van der Waals surface area contributed by atoms with Gasteiger partial charge in [0.2, 0.25) is 0 Å². The number of hydrogen-bond donors (Lipinski definition) is 3. The van der Waals surface area contributed by atoms with Gasteiger partial charge in [-0.05, 0) is 25.0 Å². The number of carbonyl (C=O) groups excluding carboxylic acids is 1. The number of fused-ring (bicyclic) bond motifs is 2. The molecule has 0 aromatic carbocycles. The molecular formula is C15H20O6. The Hall–Kier alpha value is -0.790. The number of hydrogen-bond acceptors (Lipinski definition) is 6. The second-order valence-corrected chi connectivity index (χ2v) is 7.07. The Morgan fingerprint density at radius 2 is 2.10 bits per heavy atom. The van der Waals surface area contributed by atoms with Gasteiger partial charge in [-0.1, -0.05) is 6.92 Å². The Morgan fingerprint density at radius 1 is 1.43 bits per heavy atom. The third-order valence-corrected chi connectivity index (χ3v) is 6.43. The molecule has 3 N–H and O–H groups in total. The van der Waals surface area contributed by atoms with Gasteiger partial charge >= 0.3 is 0 Å². The van der Waals surface area contributed by atoms with Gasteiger partial charge in [0.25, 0.3) is 0 Å². The Morgan fingerprint density at radius 3 is 2.67 bits per heavy atom. The maximum Gasteiger partial charge on any atom is 0.187 e. The molecule has 2 bridgehead atoms.